The highest BCUT2D eigenvalue weighted by Crippen LogP contribution is 2.31. The van der Waals surface area contributed by atoms with E-state index in [1.54, 1.807) is 55.5 Å². The zero-order chi connectivity index (χ0) is 25.4. The zero-order valence-corrected chi connectivity index (χ0v) is 20.0. The molecular formula is C25H19ClN4O4S. The molecule has 176 valence electrons. The van der Waals surface area contributed by atoms with Crippen LogP contribution in [0.25, 0.3) is 6.08 Å². The van der Waals surface area contributed by atoms with E-state index >= 15 is 0 Å². The van der Waals surface area contributed by atoms with Crippen LogP contribution in [0, 0.1) is 28.4 Å². The molecule has 0 atom stereocenters. The van der Waals surface area contributed by atoms with Crippen molar-refractivity contribution in [3.63, 3.8) is 0 Å². The fourth-order valence-corrected chi connectivity index (χ4v) is 3.98. The van der Waals surface area contributed by atoms with Gasteiger partial charge >= 0.3 is 0 Å². The van der Waals surface area contributed by atoms with Crippen LogP contribution in [0.5, 0.6) is 0 Å². The third-order valence-corrected chi connectivity index (χ3v) is 6.26. The summed E-state index contributed by atoms with van der Waals surface area (Å²) in [5.41, 5.74) is 1.55. The zero-order valence-electron chi connectivity index (χ0n) is 18.4. The van der Waals surface area contributed by atoms with E-state index < -0.39 is 10.8 Å². The van der Waals surface area contributed by atoms with Gasteiger partial charge in [-0.15, -0.1) is 11.8 Å². The van der Waals surface area contributed by atoms with E-state index in [0.717, 1.165) is 11.8 Å². The number of nitro groups is 1. The Morgan fingerprint density at radius 1 is 1.11 bits per heavy atom. The van der Waals surface area contributed by atoms with Crippen molar-refractivity contribution in [2.45, 2.75) is 11.8 Å². The van der Waals surface area contributed by atoms with Crippen molar-refractivity contribution in [2.24, 2.45) is 0 Å². The first-order chi connectivity index (χ1) is 16.8. The van der Waals surface area contributed by atoms with E-state index in [-0.39, 0.29) is 27.8 Å². The van der Waals surface area contributed by atoms with Crippen molar-refractivity contribution in [3.8, 4) is 6.07 Å². The van der Waals surface area contributed by atoms with Gasteiger partial charge in [0.05, 0.1) is 15.6 Å². The Hall–Kier alpha value is -4.13. The van der Waals surface area contributed by atoms with Crippen LogP contribution in [0.15, 0.2) is 77.2 Å². The second-order valence-corrected chi connectivity index (χ2v) is 8.65. The minimum atomic E-state index is -0.670. The topological polar surface area (TPSA) is 125 Å². The molecule has 0 spiro atoms. The maximum atomic E-state index is 12.6. The van der Waals surface area contributed by atoms with E-state index in [4.69, 9.17) is 11.6 Å². The SMILES string of the molecule is Cc1c(Cl)cccc1NC(=O)/C(C#N)=C/c1ccc(SCC(=O)Nc2ccccc2)c([N+](=O)[O-])c1. The van der Waals surface area contributed by atoms with E-state index in [1.165, 1.54) is 18.2 Å². The molecule has 0 aromatic heterocycles. The van der Waals surface area contributed by atoms with Gasteiger partial charge in [-0.1, -0.05) is 41.9 Å². The summed E-state index contributed by atoms with van der Waals surface area (Å²) in [6.07, 6.45) is 1.26. The molecule has 10 heteroatoms. The van der Waals surface area contributed by atoms with Crippen LogP contribution in [0.4, 0.5) is 17.1 Å². The molecule has 0 saturated heterocycles. The van der Waals surface area contributed by atoms with E-state index in [2.05, 4.69) is 10.6 Å². The summed E-state index contributed by atoms with van der Waals surface area (Å²) < 4.78 is 0. The Labute approximate surface area is 210 Å². The highest BCUT2D eigenvalue weighted by molar-refractivity contribution is 8.00. The highest BCUT2D eigenvalue weighted by Gasteiger charge is 2.18. The number of benzene rings is 3. The number of nitrogens with zero attached hydrogens (tertiary/aromatic N) is 2. The normalized spacial score (nSPS) is 10.8. The summed E-state index contributed by atoms with van der Waals surface area (Å²) in [7, 11) is 0. The van der Waals surface area contributed by atoms with Crippen LogP contribution in [-0.2, 0) is 9.59 Å². The quantitative estimate of drug-likeness (QED) is 0.130. The molecule has 0 radical (unpaired) electrons. The summed E-state index contributed by atoms with van der Waals surface area (Å²) in [6.45, 7) is 1.73. The molecule has 0 saturated carbocycles. The molecule has 8 nitrogen and oxygen atoms in total. The number of nitrogens with one attached hydrogen (secondary N) is 2. The molecule has 0 fully saturated rings. The first-order valence-electron chi connectivity index (χ1n) is 10.2. The Kier molecular flexibility index (Phi) is 8.62. The lowest BCUT2D eigenvalue weighted by Crippen LogP contribution is -2.14. The number of para-hydroxylation sites is 1. The van der Waals surface area contributed by atoms with Crippen molar-refractivity contribution in [3.05, 3.63) is 98.6 Å². The third-order valence-electron chi connectivity index (χ3n) is 4.79. The molecule has 0 heterocycles. The fourth-order valence-electron chi connectivity index (χ4n) is 3.00. The van der Waals surface area contributed by atoms with Gasteiger partial charge in [0.25, 0.3) is 11.6 Å². The first kappa shape index (κ1) is 25.5. The van der Waals surface area contributed by atoms with Crippen molar-refractivity contribution in [1.29, 1.82) is 5.26 Å². The molecule has 0 unspecified atom stereocenters. The molecule has 0 aliphatic rings. The molecule has 0 aliphatic heterocycles. The maximum absolute atomic E-state index is 12.6. The van der Waals surface area contributed by atoms with E-state index in [1.807, 2.05) is 12.1 Å². The lowest BCUT2D eigenvalue weighted by Gasteiger charge is -2.09. The minimum Gasteiger partial charge on any atom is -0.325 e. The number of amides is 2. The van der Waals surface area contributed by atoms with Crippen molar-refractivity contribution in [1.82, 2.24) is 0 Å². The van der Waals surface area contributed by atoms with Crippen LogP contribution in [0.2, 0.25) is 5.02 Å². The van der Waals surface area contributed by atoms with Gasteiger partial charge in [-0.3, -0.25) is 19.7 Å². The highest BCUT2D eigenvalue weighted by atomic mass is 35.5. The molecule has 2 N–H and O–H groups in total. The fraction of sp³-hybridized carbons (Fsp3) is 0.0800. The van der Waals surface area contributed by atoms with Gasteiger partial charge in [0.15, 0.2) is 0 Å². The van der Waals surface area contributed by atoms with Gasteiger partial charge in [-0.25, -0.2) is 0 Å². The number of carbonyl (C=O) groups is 2. The number of nitriles is 1. The first-order valence-corrected chi connectivity index (χ1v) is 11.6. The molecular weight excluding hydrogens is 488 g/mol. The van der Waals surface area contributed by atoms with Crippen LogP contribution in [-0.4, -0.2) is 22.5 Å². The average molecular weight is 507 g/mol. The molecule has 2 amide bonds. The average Bonchev–Trinajstić information content (AvgIpc) is 2.84. The minimum absolute atomic E-state index is 0.0320. The van der Waals surface area contributed by atoms with Gasteiger partial charge < -0.3 is 10.6 Å². The monoisotopic (exact) mass is 506 g/mol. The summed E-state index contributed by atoms with van der Waals surface area (Å²) in [6, 6.07) is 20.0. The standard InChI is InChI=1S/C25H19ClN4O4S/c1-16-20(26)8-5-9-21(16)29-25(32)18(14-27)12-17-10-11-23(22(13-17)30(33)34)35-15-24(31)28-19-6-3-2-4-7-19/h2-13H,15H2,1H3,(H,28,31)(H,29,32)/b18-12+. The van der Waals surface area contributed by atoms with Crippen molar-refractivity contribution < 1.29 is 14.5 Å². The Morgan fingerprint density at radius 2 is 1.86 bits per heavy atom. The van der Waals surface area contributed by atoms with Crippen LogP contribution >= 0.6 is 23.4 Å². The molecule has 35 heavy (non-hydrogen) atoms. The molecule has 3 aromatic rings. The van der Waals surface area contributed by atoms with E-state index in [0.29, 0.717) is 27.5 Å². The van der Waals surface area contributed by atoms with Crippen LogP contribution in [0.1, 0.15) is 11.1 Å². The number of halogens is 1. The Balaban J connectivity index is 1.75. The van der Waals surface area contributed by atoms with Gasteiger partial charge in [0.1, 0.15) is 11.6 Å². The predicted octanol–water partition coefficient (Wildman–Crippen LogP) is 5.83. The third kappa shape index (κ3) is 6.93. The lowest BCUT2D eigenvalue weighted by atomic mass is 10.1. The van der Waals surface area contributed by atoms with Gasteiger partial charge in [-0.05, 0) is 54.5 Å². The second-order valence-electron chi connectivity index (χ2n) is 7.22. The van der Waals surface area contributed by atoms with Crippen molar-refractivity contribution >= 4 is 58.3 Å². The summed E-state index contributed by atoms with van der Waals surface area (Å²) in [5.74, 6) is -1.01. The van der Waals surface area contributed by atoms with Gasteiger partial charge in [0, 0.05) is 22.5 Å². The van der Waals surface area contributed by atoms with Crippen molar-refractivity contribution in [2.75, 3.05) is 16.4 Å². The van der Waals surface area contributed by atoms with Crippen LogP contribution in [0.3, 0.4) is 0 Å². The number of nitro benzene ring substituents is 1. The summed E-state index contributed by atoms with van der Waals surface area (Å²) in [5, 5.41) is 26.9. The number of hydrogen-bond acceptors (Lipinski definition) is 6. The van der Waals surface area contributed by atoms with Gasteiger partial charge in [-0.2, -0.15) is 5.26 Å². The predicted molar refractivity (Wildman–Crippen MR) is 137 cm³/mol. The summed E-state index contributed by atoms with van der Waals surface area (Å²) >= 11 is 7.08. The number of anilines is 2. The number of carbonyl (C=O) groups excluding carboxylic acids is 2. The molecule has 0 bridgehead atoms. The molecule has 3 rings (SSSR count). The second kappa shape index (κ2) is 11.8. The number of hydrogen-bond donors (Lipinski definition) is 2. The van der Waals surface area contributed by atoms with Gasteiger partial charge in [0.2, 0.25) is 5.91 Å². The largest absolute Gasteiger partial charge is 0.325 e. The molecule has 3 aromatic carbocycles. The smallest absolute Gasteiger partial charge is 0.283 e. The number of rotatable bonds is 8. The lowest BCUT2D eigenvalue weighted by molar-refractivity contribution is -0.387. The van der Waals surface area contributed by atoms with Crippen LogP contribution < -0.4 is 10.6 Å². The summed E-state index contributed by atoms with van der Waals surface area (Å²) in [4.78, 5) is 36.1. The molecule has 0 aliphatic carbocycles. The van der Waals surface area contributed by atoms with E-state index in [9.17, 15) is 25.0 Å². The maximum Gasteiger partial charge on any atom is 0.283 e. The Morgan fingerprint density at radius 3 is 2.54 bits per heavy atom. The Bertz CT molecular complexity index is 1350. The number of thioether (sulfide) groups is 1.